The third-order valence-corrected chi connectivity index (χ3v) is 4.55. The lowest BCUT2D eigenvalue weighted by Gasteiger charge is -2.14. The molecule has 140 valence electrons. The fourth-order valence-corrected chi connectivity index (χ4v) is 2.82. The molecule has 1 N–H and O–H groups in total. The van der Waals surface area contributed by atoms with Crippen molar-refractivity contribution in [3.05, 3.63) is 76.4 Å². The highest BCUT2D eigenvalue weighted by molar-refractivity contribution is 6.30. The molecule has 0 saturated carbocycles. The van der Waals surface area contributed by atoms with Gasteiger partial charge in [0.25, 0.3) is 0 Å². The maximum absolute atomic E-state index is 12.6. The maximum Gasteiger partial charge on any atom is 0.229 e. The molecule has 27 heavy (non-hydrogen) atoms. The Labute approximate surface area is 165 Å². The molecule has 1 aromatic heterocycles. The van der Waals surface area contributed by atoms with Crippen LogP contribution in [-0.4, -0.2) is 15.7 Å². The van der Waals surface area contributed by atoms with E-state index >= 15 is 0 Å². The predicted molar refractivity (Wildman–Crippen MR) is 111 cm³/mol. The van der Waals surface area contributed by atoms with E-state index in [1.165, 1.54) is 5.56 Å². The van der Waals surface area contributed by atoms with Crippen molar-refractivity contribution in [1.29, 1.82) is 0 Å². The van der Waals surface area contributed by atoms with Crippen LogP contribution >= 0.6 is 11.6 Å². The number of nitrogens with one attached hydrogen (secondary N) is 1. The van der Waals surface area contributed by atoms with Gasteiger partial charge in [-0.25, -0.2) is 4.68 Å². The first-order valence-electron chi connectivity index (χ1n) is 8.94. The third kappa shape index (κ3) is 4.77. The fraction of sp³-hybridized carbons (Fsp3) is 0.273. The van der Waals surface area contributed by atoms with Crippen molar-refractivity contribution in [2.45, 2.75) is 39.5 Å². The largest absolute Gasteiger partial charge is 0.310 e. The Bertz CT molecular complexity index is 935. The van der Waals surface area contributed by atoms with E-state index in [0.29, 0.717) is 10.8 Å². The molecule has 0 aliphatic rings. The molecule has 0 spiro atoms. The molecule has 0 unspecified atom stereocenters. The number of aromatic nitrogens is 2. The Balaban J connectivity index is 1.88. The van der Waals surface area contributed by atoms with Crippen molar-refractivity contribution in [3.8, 4) is 5.69 Å². The monoisotopic (exact) mass is 381 g/mol. The summed E-state index contributed by atoms with van der Waals surface area (Å²) in [6.45, 7) is 8.36. The smallest absolute Gasteiger partial charge is 0.229 e. The number of hydrogen-bond acceptors (Lipinski definition) is 2. The van der Waals surface area contributed by atoms with Gasteiger partial charge in [0.15, 0.2) is 0 Å². The molecule has 2 aromatic carbocycles. The Morgan fingerprint density at radius 3 is 2.30 bits per heavy atom. The van der Waals surface area contributed by atoms with E-state index in [2.05, 4.69) is 26.1 Å². The number of benzene rings is 2. The zero-order chi connectivity index (χ0) is 19.6. The van der Waals surface area contributed by atoms with E-state index in [4.69, 9.17) is 16.7 Å². The Hall–Kier alpha value is -2.59. The summed E-state index contributed by atoms with van der Waals surface area (Å²) in [5, 5.41) is 8.40. The van der Waals surface area contributed by atoms with Crippen LogP contribution in [-0.2, 0) is 16.6 Å². The quantitative estimate of drug-likeness (QED) is 0.665. The van der Waals surface area contributed by atoms with Crippen LogP contribution in [0.5, 0.6) is 0 Å². The van der Waals surface area contributed by atoms with Gasteiger partial charge in [0.1, 0.15) is 5.82 Å². The van der Waals surface area contributed by atoms with E-state index in [1.54, 1.807) is 16.8 Å². The fourth-order valence-electron chi connectivity index (χ4n) is 2.69. The highest BCUT2D eigenvalue weighted by Gasteiger charge is 2.21. The van der Waals surface area contributed by atoms with E-state index in [9.17, 15) is 4.79 Å². The summed E-state index contributed by atoms with van der Waals surface area (Å²) in [6.07, 6.45) is 0.279. The highest BCUT2D eigenvalue weighted by atomic mass is 35.5. The van der Waals surface area contributed by atoms with Gasteiger partial charge in [0.2, 0.25) is 5.91 Å². The first kappa shape index (κ1) is 19.2. The normalized spacial score (nSPS) is 11.4. The molecular weight excluding hydrogens is 358 g/mol. The number of aryl methyl sites for hydroxylation is 1. The van der Waals surface area contributed by atoms with Crippen LogP contribution in [0.3, 0.4) is 0 Å². The second-order valence-electron chi connectivity index (χ2n) is 7.76. The van der Waals surface area contributed by atoms with Gasteiger partial charge >= 0.3 is 0 Å². The van der Waals surface area contributed by atoms with Crippen LogP contribution in [0.25, 0.3) is 5.69 Å². The standard InChI is InChI=1S/C22H24ClN3O/c1-15-5-11-18(12-6-15)26-20(14-19(25-26)22(2,3)4)24-21(27)13-16-7-9-17(23)10-8-16/h5-12,14H,13H2,1-4H3,(H,24,27). The number of carbonyl (C=O) groups is 1. The van der Waals surface area contributed by atoms with Crippen LogP contribution in [0.2, 0.25) is 5.02 Å². The van der Waals surface area contributed by atoms with Gasteiger partial charge in [-0.3, -0.25) is 4.79 Å². The van der Waals surface area contributed by atoms with Crippen LogP contribution < -0.4 is 5.32 Å². The Kier molecular flexibility index (Phi) is 5.38. The maximum atomic E-state index is 12.6. The lowest BCUT2D eigenvalue weighted by atomic mass is 9.92. The molecular formula is C22H24ClN3O. The number of carbonyl (C=O) groups excluding carboxylic acids is 1. The summed E-state index contributed by atoms with van der Waals surface area (Å²) in [6, 6.07) is 17.3. The number of amides is 1. The summed E-state index contributed by atoms with van der Waals surface area (Å²) in [7, 11) is 0. The summed E-state index contributed by atoms with van der Waals surface area (Å²) in [4.78, 5) is 12.6. The van der Waals surface area contributed by atoms with Crippen molar-refractivity contribution in [2.75, 3.05) is 5.32 Å². The highest BCUT2D eigenvalue weighted by Crippen LogP contribution is 2.26. The first-order valence-corrected chi connectivity index (χ1v) is 9.32. The lowest BCUT2D eigenvalue weighted by Crippen LogP contribution is -2.17. The molecule has 3 aromatic rings. The molecule has 0 aliphatic carbocycles. The SMILES string of the molecule is Cc1ccc(-n2nc(C(C)(C)C)cc2NC(=O)Cc2ccc(Cl)cc2)cc1. The van der Waals surface area contributed by atoms with Gasteiger partial charge in [0, 0.05) is 16.5 Å². The van der Waals surface area contributed by atoms with Crippen molar-refractivity contribution >= 4 is 23.3 Å². The lowest BCUT2D eigenvalue weighted by molar-refractivity contribution is -0.115. The molecule has 0 radical (unpaired) electrons. The van der Waals surface area contributed by atoms with E-state index in [0.717, 1.165) is 16.9 Å². The topological polar surface area (TPSA) is 46.9 Å². The summed E-state index contributed by atoms with van der Waals surface area (Å²) in [5.74, 6) is 0.578. The average Bonchev–Trinajstić information content (AvgIpc) is 3.02. The second kappa shape index (κ2) is 7.57. The number of rotatable bonds is 4. The predicted octanol–water partition coefficient (Wildman–Crippen LogP) is 5.31. The number of halogens is 1. The van der Waals surface area contributed by atoms with E-state index in [-0.39, 0.29) is 17.7 Å². The van der Waals surface area contributed by atoms with E-state index in [1.807, 2.05) is 49.4 Å². The first-order chi connectivity index (χ1) is 12.7. The van der Waals surface area contributed by atoms with Gasteiger partial charge in [-0.05, 0) is 36.8 Å². The van der Waals surface area contributed by atoms with Crippen molar-refractivity contribution in [1.82, 2.24) is 9.78 Å². The number of hydrogen-bond donors (Lipinski definition) is 1. The third-order valence-electron chi connectivity index (χ3n) is 4.30. The van der Waals surface area contributed by atoms with Crippen LogP contribution in [0.15, 0.2) is 54.6 Å². The summed E-state index contributed by atoms with van der Waals surface area (Å²) >= 11 is 5.91. The molecule has 0 bridgehead atoms. The Morgan fingerprint density at radius 1 is 1.07 bits per heavy atom. The Morgan fingerprint density at radius 2 is 1.70 bits per heavy atom. The molecule has 5 heteroatoms. The molecule has 0 atom stereocenters. The number of anilines is 1. The van der Waals surface area contributed by atoms with Gasteiger partial charge in [-0.1, -0.05) is 62.2 Å². The number of nitrogens with zero attached hydrogens (tertiary/aromatic N) is 2. The van der Waals surface area contributed by atoms with Gasteiger partial charge in [-0.2, -0.15) is 5.10 Å². The van der Waals surface area contributed by atoms with Gasteiger partial charge < -0.3 is 5.32 Å². The van der Waals surface area contributed by atoms with Crippen molar-refractivity contribution < 1.29 is 4.79 Å². The van der Waals surface area contributed by atoms with Gasteiger partial charge in [0.05, 0.1) is 17.8 Å². The minimum Gasteiger partial charge on any atom is -0.310 e. The van der Waals surface area contributed by atoms with E-state index < -0.39 is 0 Å². The molecule has 1 amide bonds. The minimum absolute atomic E-state index is 0.0916. The van der Waals surface area contributed by atoms with Crippen LogP contribution in [0, 0.1) is 6.92 Å². The van der Waals surface area contributed by atoms with Crippen LogP contribution in [0.1, 0.15) is 37.6 Å². The summed E-state index contributed by atoms with van der Waals surface area (Å²) in [5.41, 5.74) is 3.80. The molecule has 1 heterocycles. The van der Waals surface area contributed by atoms with Gasteiger partial charge in [-0.15, -0.1) is 0 Å². The zero-order valence-corrected chi connectivity index (χ0v) is 16.8. The zero-order valence-electron chi connectivity index (χ0n) is 16.1. The second-order valence-corrected chi connectivity index (χ2v) is 8.20. The van der Waals surface area contributed by atoms with Crippen molar-refractivity contribution in [3.63, 3.8) is 0 Å². The molecule has 0 saturated heterocycles. The van der Waals surface area contributed by atoms with Crippen LogP contribution in [0.4, 0.5) is 5.82 Å². The van der Waals surface area contributed by atoms with Crippen molar-refractivity contribution in [2.24, 2.45) is 0 Å². The molecule has 4 nitrogen and oxygen atoms in total. The molecule has 0 fully saturated rings. The minimum atomic E-state index is -0.119. The molecule has 3 rings (SSSR count). The molecule has 0 aliphatic heterocycles. The average molecular weight is 382 g/mol. The summed E-state index contributed by atoms with van der Waals surface area (Å²) < 4.78 is 1.79.